The summed E-state index contributed by atoms with van der Waals surface area (Å²) in [7, 11) is 1.84. The van der Waals surface area contributed by atoms with Crippen molar-refractivity contribution >= 4 is 17.7 Å². The molecule has 0 radical (unpaired) electrons. The summed E-state index contributed by atoms with van der Waals surface area (Å²) in [5.74, 6) is -1.51. The van der Waals surface area contributed by atoms with Gasteiger partial charge in [-0.1, -0.05) is 6.07 Å². The standard InChI is InChI=1S/C13H16FNO2/c1-9(2)15(3)12-6-4-5-11(14)10(12)7-8-13(16)17/h4-9H,1-3H3,(H,16,17)/b8-7+. The van der Waals surface area contributed by atoms with Crippen LogP contribution in [0.25, 0.3) is 6.08 Å². The van der Waals surface area contributed by atoms with Gasteiger partial charge in [0.25, 0.3) is 0 Å². The Balaban J connectivity index is 3.21. The van der Waals surface area contributed by atoms with Crippen molar-refractivity contribution in [2.75, 3.05) is 11.9 Å². The third-order valence-electron chi connectivity index (χ3n) is 2.58. The van der Waals surface area contributed by atoms with Crippen LogP contribution in [0.3, 0.4) is 0 Å². The minimum atomic E-state index is -1.09. The third-order valence-corrected chi connectivity index (χ3v) is 2.58. The van der Waals surface area contributed by atoms with Gasteiger partial charge in [0.1, 0.15) is 5.82 Å². The highest BCUT2D eigenvalue weighted by Crippen LogP contribution is 2.25. The van der Waals surface area contributed by atoms with Crippen LogP contribution in [0.1, 0.15) is 19.4 Å². The van der Waals surface area contributed by atoms with E-state index in [9.17, 15) is 9.18 Å². The number of carbonyl (C=O) groups is 1. The zero-order chi connectivity index (χ0) is 13.0. The van der Waals surface area contributed by atoms with E-state index in [0.717, 1.165) is 6.08 Å². The second kappa shape index (κ2) is 5.48. The lowest BCUT2D eigenvalue weighted by molar-refractivity contribution is -0.131. The lowest BCUT2D eigenvalue weighted by Gasteiger charge is -2.25. The Labute approximate surface area is 100 Å². The van der Waals surface area contributed by atoms with Crippen LogP contribution in [-0.2, 0) is 4.79 Å². The summed E-state index contributed by atoms with van der Waals surface area (Å²) in [6.07, 6.45) is 2.22. The number of nitrogens with zero attached hydrogens (tertiary/aromatic N) is 1. The zero-order valence-corrected chi connectivity index (χ0v) is 10.1. The van der Waals surface area contributed by atoms with Gasteiger partial charge >= 0.3 is 5.97 Å². The van der Waals surface area contributed by atoms with Crippen molar-refractivity contribution in [1.29, 1.82) is 0 Å². The van der Waals surface area contributed by atoms with Gasteiger partial charge in [0.15, 0.2) is 0 Å². The molecular formula is C13H16FNO2. The van der Waals surface area contributed by atoms with Gasteiger partial charge in [-0.25, -0.2) is 9.18 Å². The van der Waals surface area contributed by atoms with Crippen molar-refractivity contribution in [1.82, 2.24) is 0 Å². The first-order valence-corrected chi connectivity index (χ1v) is 5.36. The number of benzene rings is 1. The summed E-state index contributed by atoms with van der Waals surface area (Å²) in [5.41, 5.74) is 0.976. The van der Waals surface area contributed by atoms with E-state index in [1.54, 1.807) is 12.1 Å². The molecule has 1 aromatic carbocycles. The molecule has 0 unspecified atom stereocenters. The van der Waals surface area contributed by atoms with E-state index in [-0.39, 0.29) is 6.04 Å². The van der Waals surface area contributed by atoms with Crippen molar-refractivity contribution in [3.8, 4) is 0 Å². The number of rotatable bonds is 4. The first-order chi connectivity index (χ1) is 7.93. The number of hydrogen-bond acceptors (Lipinski definition) is 2. The minimum Gasteiger partial charge on any atom is -0.478 e. The molecule has 0 fully saturated rings. The van der Waals surface area contributed by atoms with Gasteiger partial charge in [-0.3, -0.25) is 0 Å². The number of hydrogen-bond donors (Lipinski definition) is 1. The number of anilines is 1. The summed E-state index contributed by atoms with van der Waals surface area (Å²) in [6.45, 7) is 3.96. The summed E-state index contributed by atoms with van der Waals surface area (Å²) < 4.78 is 13.7. The van der Waals surface area contributed by atoms with E-state index >= 15 is 0 Å². The van der Waals surface area contributed by atoms with Crippen molar-refractivity contribution < 1.29 is 14.3 Å². The highest BCUT2D eigenvalue weighted by Gasteiger charge is 2.12. The quantitative estimate of drug-likeness (QED) is 0.818. The molecular weight excluding hydrogens is 221 g/mol. The molecule has 92 valence electrons. The highest BCUT2D eigenvalue weighted by atomic mass is 19.1. The van der Waals surface area contributed by atoms with Crippen LogP contribution >= 0.6 is 0 Å². The van der Waals surface area contributed by atoms with Gasteiger partial charge in [-0.15, -0.1) is 0 Å². The number of halogens is 1. The van der Waals surface area contributed by atoms with E-state index in [1.807, 2.05) is 25.8 Å². The number of aliphatic carboxylic acids is 1. The van der Waals surface area contributed by atoms with Crippen molar-refractivity contribution in [3.63, 3.8) is 0 Å². The monoisotopic (exact) mass is 237 g/mol. The Kier molecular flexibility index (Phi) is 4.26. The topological polar surface area (TPSA) is 40.5 Å². The molecule has 0 aromatic heterocycles. The first kappa shape index (κ1) is 13.2. The summed E-state index contributed by atoms with van der Waals surface area (Å²) in [6, 6.07) is 4.90. The minimum absolute atomic E-state index is 0.203. The van der Waals surface area contributed by atoms with Gasteiger partial charge in [-0.2, -0.15) is 0 Å². The Bertz CT molecular complexity index is 441. The molecule has 0 saturated carbocycles. The van der Waals surface area contributed by atoms with E-state index in [0.29, 0.717) is 11.3 Å². The molecule has 0 amide bonds. The Morgan fingerprint density at radius 3 is 2.65 bits per heavy atom. The Morgan fingerprint density at radius 2 is 2.12 bits per heavy atom. The van der Waals surface area contributed by atoms with Gasteiger partial charge in [-0.05, 0) is 32.1 Å². The SMILES string of the molecule is CC(C)N(C)c1cccc(F)c1/C=C/C(=O)O. The van der Waals surface area contributed by atoms with Crippen molar-refractivity contribution in [3.05, 3.63) is 35.7 Å². The van der Waals surface area contributed by atoms with Crippen LogP contribution in [0.4, 0.5) is 10.1 Å². The maximum absolute atomic E-state index is 13.7. The third kappa shape index (κ3) is 3.31. The van der Waals surface area contributed by atoms with E-state index in [1.165, 1.54) is 12.1 Å². The molecule has 1 rings (SSSR count). The van der Waals surface area contributed by atoms with E-state index in [2.05, 4.69) is 0 Å². The van der Waals surface area contributed by atoms with Crippen LogP contribution < -0.4 is 4.90 Å². The molecule has 0 heterocycles. The maximum atomic E-state index is 13.7. The molecule has 0 saturated heterocycles. The molecule has 0 spiro atoms. The largest absolute Gasteiger partial charge is 0.478 e. The Hall–Kier alpha value is -1.84. The highest BCUT2D eigenvalue weighted by molar-refractivity contribution is 5.87. The fourth-order valence-corrected chi connectivity index (χ4v) is 1.43. The number of carboxylic acid groups (broad SMARTS) is 1. The van der Waals surface area contributed by atoms with E-state index < -0.39 is 11.8 Å². The predicted octanol–water partition coefficient (Wildman–Crippen LogP) is 2.77. The van der Waals surface area contributed by atoms with Gasteiger partial charge < -0.3 is 10.0 Å². The molecule has 0 aliphatic carbocycles. The Morgan fingerprint density at radius 1 is 1.47 bits per heavy atom. The van der Waals surface area contributed by atoms with Crippen LogP contribution in [0.15, 0.2) is 24.3 Å². The fraction of sp³-hybridized carbons (Fsp3) is 0.308. The van der Waals surface area contributed by atoms with Crippen LogP contribution in [0, 0.1) is 5.82 Å². The van der Waals surface area contributed by atoms with Gasteiger partial charge in [0.05, 0.1) is 0 Å². The second-order valence-electron chi connectivity index (χ2n) is 4.05. The smallest absolute Gasteiger partial charge is 0.328 e. The van der Waals surface area contributed by atoms with Crippen molar-refractivity contribution in [2.45, 2.75) is 19.9 Å². The molecule has 1 N–H and O–H groups in total. The summed E-state index contributed by atoms with van der Waals surface area (Å²) in [5, 5.41) is 8.58. The maximum Gasteiger partial charge on any atom is 0.328 e. The number of carboxylic acids is 1. The predicted molar refractivity (Wildman–Crippen MR) is 66.6 cm³/mol. The molecule has 0 aliphatic rings. The van der Waals surface area contributed by atoms with Gasteiger partial charge in [0.2, 0.25) is 0 Å². The average Bonchev–Trinajstić information content (AvgIpc) is 2.25. The molecule has 3 nitrogen and oxygen atoms in total. The van der Waals surface area contributed by atoms with Crippen molar-refractivity contribution in [2.24, 2.45) is 0 Å². The normalized spacial score (nSPS) is 11.1. The first-order valence-electron chi connectivity index (χ1n) is 5.36. The lowest BCUT2D eigenvalue weighted by atomic mass is 10.1. The molecule has 0 bridgehead atoms. The summed E-state index contributed by atoms with van der Waals surface area (Å²) in [4.78, 5) is 12.4. The fourth-order valence-electron chi connectivity index (χ4n) is 1.43. The van der Waals surface area contributed by atoms with Gasteiger partial charge in [0, 0.05) is 30.4 Å². The van der Waals surface area contributed by atoms with Crippen LogP contribution in [0.2, 0.25) is 0 Å². The second-order valence-corrected chi connectivity index (χ2v) is 4.05. The van der Waals surface area contributed by atoms with E-state index in [4.69, 9.17) is 5.11 Å². The van der Waals surface area contributed by atoms with Crippen LogP contribution in [-0.4, -0.2) is 24.2 Å². The zero-order valence-electron chi connectivity index (χ0n) is 10.1. The average molecular weight is 237 g/mol. The molecule has 17 heavy (non-hydrogen) atoms. The molecule has 1 aromatic rings. The molecule has 4 heteroatoms. The molecule has 0 atom stereocenters. The molecule has 0 aliphatic heterocycles. The lowest BCUT2D eigenvalue weighted by Crippen LogP contribution is -2.26. The summed E-state index contributed by atoms with van der Waals surface area (Å²) >= 11 is 0. The van der Waals surface area contributed by atoms with Crippen LogP contribution in [0.5, 0.6) is 0 Å².